The first-order valence-electron chi connectivity index (χ1n) is 4.70. The van der Waals surface area contributed by atoms with E-state index in [0.717, 1.165) is 11.0 Å². The fourth-order valence-corrected chi connectivity index (χ4v) is 2.75. The predicted molar refractivity (Wildman–Crippen MR) is 66.1 cm³/mol. The zero-order chi connectivity index (χ0) is 11.3. The molecule has 0 aliphatic heterocycles. The molecule has 15 heavy (non-hydrogen) atoms. The summed E-state index contributed by atoms with van der Waals surface area (Å²) in [7, 11) is 3.29. The van der Waals surface area contributed by atoms with Crippen molar-refractivity contribution in [1.82, 2.24) is 5.32 Å². The van der Waals surface area contributed by atoms with Gasteiger partial charge in [0.1, 0.15) is 0 Å². The largest absolute Gasteiger partial charge is 0.354 e. The summed E-state index contributed by atoms with van der Waals surface area (Å²) < 4.78 is 11.5. The second-order valence-electron chi connectivity index (χ2n) is 3.20. The van der Waals surface area contributed by atoms with E-state index in [0.29, 0.717) is 0 Å². The molecule has 0 bridgehead atoms. The van der Waals surface area contributed by atoms with Crippen molar-refractivity contribution in [2.24, 2.45) is 0 Å². The van der Waals surface area contributed by atoms with Crippen LogP contribution in [0.3, 0.4) is 0 Å². The number of halogens is 1. The molecule has 5 heteroatoms. The molecule has 0 spiro atoms. The monoisotopic (exact) mass is 293 g/mol. The van der Waals surface area contributed by atoms with Gasteiger partial charge >= 0.3 is 0 Å². The first-order chi connectivity index (χ1) is 7.19. The maximum absolute atomic E-state index is 5.17. The molecule has 1 heterocycles. The van der Waals surface area contributed by atoms with Gasteiger partial charge in [0.15, 0.2) is 6.29 Å². The summed E-state index contributed by atoms with van der Waals surface area (Å²) in [6.07, 6.45) is -0.205. The minimum atomic E-state index is -0.205. The molecule has 0 radical (unpaired) electrons. The van der Waals surface area contributed by atoms with Crippen LogP contribution in [0.2, 0.25) is 0 Å². The van der Waals surface area contributed by atoms with Gasteiger partial charge in [0, 0.05) is 30.1 Å². The molecule has 1 unspecified atom stereocenters. The number of methoxy groups -OCH3 is 2. The molecule has 1 aromatic rings. The molecular weight excluding hydrogens is 278 g/mol. The standard InChI is InChI=1S/C10H16BrNO2S/c1-7(10(13-2)14-3)12-6-9-8(11)4-5-15-9/h4-5,7,10,12H,6H2,1-3H3. The fraction of sp³-hybridized carbons (Fsp3) is 0.600. The van der Waals surface area contributed by atoms with E-state index in [9.17, 15) is 0 Å². The normalized spacial score (nSPS) is 13.4. The topological polar surface area (TPSA) is 30.5 Å². The Labute approximate surface area is 103 Å². The van der Waals surface area contributed by atoms with Gasteiger partial charge < -0.3 is 14.8 Å². The van der Waals surface area contributed by atoms with E-state index in [1.807, 2.05) is 6.92 Å². The van der Waals surface area contributed by atoms with Crippen molar-refractivity contribution in [1.29, 1.82) is 0 Å². The number of hydrogen-bond acceptors (Lipinski definition) is 4. The summed E-state index contributed by atoms with van der Waals surface area (Å²) in [5.41, 5.74) is 0. The lowest BCUT2D eigenvalue weighted by Crippen LogP contribution is -2.39. The van der Waals surface area contributed by atoms with Crippen LogP contribution in [0.15, 0.2) is 15.9 Å². The Morgan fingerprint density at radius 1 is 1.47 bits per heavy atom. The van der Waals surface area contributed by atoms with Crippen LogP contribution in [0.25, 0.3) is 0 Å². The van der Waals surface area contributed by atoms with Crippen LogP contribution in [0.1, 0.15) is 11.8 Å². The van der Waals surface area contributed by atoms with Gasteiger partial charge in [-0.25, -0.2) is 0 Å². The maximum atomic E-state index is 5.17. The highest BCUT2D eigenvalue weighted by Crippen LogP contribution is 2.22. The summed E-state index contributed by atoms with van der Waals surface area (Å²) in [6, 6.07) is 2.21. The second-order valence-corrected chi connectivity index (χ2v) is 5.06. The highest BCUT2D eigenvalue weighted by Gasteiger charge is 2.15. The number of rotatable bonds is 6. The van der Waals surface area contributed by atoms with Crippen LogP contribution in [0.4, 0.5) is 0 Å². The molecule has 1 atom stereocenters. The zero-order valence-electron chi connectivity index (χ0n) is 9.12. The molecule has 0 aromatic carbocycles. The molecule has 86 valence electrons. The molecule has 0 aliphatic rings. The Kier molecular flexibility index (Phi) is 5.78. The first-order valence-corrected chi connectivity index (χ1v) is 6.37. The van der Waals surface area contributed by atoms with Gasteiger partial charge in [0.25, 0.3) is 0 Å². The van der Waals surface area contributed by atoms with Gasteiger partial charge in [0.05, 0.1) is 6.04 Å². The fourth-order valence-electron chi connectivity index (χ4n) is 1.31. The van der Waals surface area contributed by atoms with Gasteiger partial charge in [-0.2, -0.15) is 0 Å². The van der Waals surface area contributed by atoms with E-state index in [1.165, 1.54) is 4.88 Å². The molecule has 3 nitrogen and oxygen atoms in total. The summed E-state index contributed by atoms with van der Waals surface area (Å²) >= 11 is 5.22. The Bertz CT molecular complexity index is 289. The van der Waals surface area contributed by atoms with Crippen LogP contribution in [-0.2, 0) is 16.0 Å². The predicted octanol–water partition coefficient (Wildman–Crippen LogP) is 2.61. The van der Waals surface area contributed by atoms with Crippen molar-refractivity contribution in [3.05, 3.63) is 20.8 Å². The lowest BCUT2D eigenvalue weighted by atomic mass is 10.3. The van der Waals surface area contributed by atoms with Gasteiger partial charge in [0.2, 0.25) is 0 Å². The Hall–Kier alpha value is 0.0600. The Morgan fingerprint density at radius 3 is 2.60 bits per heavy atom. The SMILES string of the molecule is COC(OC)C(C)NCc1sccc1Br. The number of thiophene rings is 1. The summed E-state index contributed by atoms with van der Waals surface area (Å²) in [4.78, 5) is 1.29. The van der Waals surface area contributed by atoms with Crippen molar-refractivity contribution < 1.29 is 9.47 Å². The van der Waals surface area contributed by atoms with Crippen molar-refractivity contribution in [2.45, 2.75) is 25.8 Å². The van der Waals surface area contributed by atoms with E-state index >= 15 is 0 Å². The van der Waals surface area contributed by atoms with Crippen molar-refractivity contribution >= 4 is 27.3 Å². The molecular formula is C10H16BrNO2S. The molecule has 0 amide bonds. The number of hydrogen-bond donors (Lipinski definition) is 1. The van der Waals surface area contributed by atoms with E-state index < -0.39 is 0 Å². The summed E-state index contributed by atoms with van der Waals surface area (Å²) in [5.74, 6) is 0. The van der Waals surface area contributed by atoms with Crippen LogP contribution in [0, 0.1) is 0 Å². The van der Waals surface area contributed by atoms with Crippen molar-refractivity contribution in [3.63, 3.8) is 0 Å². The zero-order valence-corrected chi connectivity index (χ0v) is 11.5. The highest BCUT2D eigenvalue weighted by molar-refractivity contribution is 9.10. The average molecular weight is 294 g/mol. The molecule has 0 saturated carbocycles. The van der Waals surface area contributed by atoms with Crippen LogP contribution < -0.4 is 5.32 Å². The van der Waals surface area contributed by atoms with E-state index in [-0.39, 0.29) is 12.3 Å². The first kappa shape index (κ1) is 13.1. The third-order valence-electron chi connectivity index (χ3n) is 2.15. The Morgan fingerprint density at radius 2 is 2.13 bits per heavy atom. The third-order valence-corrected chi connectivity index (χ3v) is 4.07. The average Bonchev–Trinajstić information content (AvgIpc) is 2.63. The minimum absolute atomic E-state index is 0.161. The third kappa shape index (κ3) is 3.85. The minimum Gasteiger partial charge on any atom is -0.354 e. The lowest BCUT2D eigenvalue weighted by Gasteiger charge is -2.21. The highest BCUT2D eigenvalue weighted by atomic mass is 79.9. The molecule has 0 saturated heterocycles. The smallest absolute Gasteiger partial charge is 0.171 e. The summed E-state index contributed by atoms with van der Waals surface area (Å²) in [6.45, 7) is 2.86. The second kappa shape index (κ2) is 6.60. The number of ether oxygens (including phenoxy) is 2. The van der Waals surface area contributed by atoms with Crippen LogP contribution in [0.5, 0.6) is 0 Å². The van der Waals surface area contributed by atoms with Crippen LogP contribution >= 0.6 is 27.3 Å². The molecule has 1 N–H and O–H groups in total. The summed E-state index contributed by atoms with van der Waals surface area (Å²) in [5, 5.41) is 5.42. The molecule has 0 aliphatic carbocycles. The molecule has 1 aromatic heterocycles. The van der Waals surface area contributed by atoms with Crippen molar-refractivity contribution in [2.75, 3.05) is 14.2 Å². The van der Waals surface area contributed by atoms with Gasteiger partial charge in [-0.15, -0.1) is 11.3 Å². The van der Waals surface area contributed by atoms with E-state index in [2.05, 4.69) is 32.7 Å². The lowest BCUT2D eigenvalue weighted by molar-refractivity contribution is -0.119. The number of nitrogens with one attached hydrogen (secondary N) is 1. The van der Waals surface area contributed by atoms with E-state index in [4.69, 9.17) is 9.47 Å². The van der Waals surface area contributed by atoms with Gasteiger partial charge in [-0.3, -0.25) is 0 Å². The molecule has 0 fully saturated rings. The van der Waals surface area contributed by atoms with Crippen LogP contribution in [-0.4, -0.2) is 26.6 Å². The Balaban J connectivity index is 2.40. The molecule has 1 rings (SSSR count). The quantitative estimate of drug-likeness (QED) is 0.818. The van der Waals surface area contributed by atoms with E-state index in [1.54, 1.807) is 25.6 Å². The van der Waals surface area contributed by atoms with Crippen molar-refractivity contribution in [3.8, 4) is 0 Å². The van der Waals surface area contributed by atoms with Gasteiger partial charge in [-0.05, 0) is 34.3 Å². The maximum Gasteiger partial charge on any atom is 0.171 e. The van der Waals surface area contributed by atoms with Gasteiger partial charge in [-0.1, -0.05) is 0 Å².